The Kier molecular flexibility index (Phi) is 2.70. The summed E-state index contributed by atoms with van der Waals surface area (Å²) in [6.45, 7) is 0. The molecule has 0 atom stereocenters. The number of sulfone groups is 1. The first-order chi connectivity index (χ1) is 5.29. The topological polar surface area (TPSA) is 68.3 Å². The number of halogens is 1. The highest BCUT2D eigenvalue weighted by atomic mass is 35.7. The normalized spacial score (nSPS) is 23.4. The maximum atomic E-state index is 10.6. The predicted molar refractivity (Wildman–Crippen MR) is 46.4 cm³/mol. The van der Waals surface area contributed by atoms with Gasteiger partial charge in [0, 0.05) is 10.7 Å². The molecule has 0 aromatic rings. The van der Waals surface area contributed by atoms with Crippen molar-refractivity contribution in [2.45, 2.75) is 6.42 Å². The second kappa shape index (κ2) is 3.16. The summed E-state index contributed by atoms with van der Waals surface area (Å²) in [6.07, 6.45) is 0.352. The first-order valence-corrected chi connectivity index (χ1v) is 7.71. The Morgan fingerprint density at radius 1 is 1.33 bits per heavy atom. The fraction of sp³-hybridized carbons (Fsp3) is 1.00. The third-order valence-corrected chi connectivity index (χ3v) is 4.89. The molecule has 0 amide bonds. The van der Waals surface area contributed by atoms with E-state index in [4.69, 9.17) is 10.7 Å². The van der Waals surface area contributed by atoms with Crippen molar-refractivity contribution >= 4 is 29.6 Å². The molecule has 1 fully saturated rings. The van der Waals surface area contributed by atoms with Gasteiger partial charge in [-0.2, -0.15) is 0 Å². The molecule has 0 aliphatic carbocycles. The van der Waals surface area contributed by atoms with Gasteiger partial charge < -0.3 is 0 Å². The Bertz CT molecular complexity index is 343. The number of rotatable bonds is 3. The zero-order valence-electron chi connectivity index (χ0n) is 6.23. The lowest BCUT2D eigenvalue weighted by molar-refractivity contribution is 0.509. The van der Waals surface area contributed by atoms with Crippen LogP contribution in [0.5, 0.6) is 0 Å². The van der Waals surface area contributed by atoms with Gasteiger partial charge in [0.15, 0.2) is 9.84 Å². The third kappa shape index (κ3) is 3.28. The number of hydrogen-bond donors (Lipinski definition) is 0. The maximum absolute atomic E-state index is 10.6. The van der Waals surface area contributed by atoms with Gasteiger partial charge in [-0.05, 0) is 12.3 Å². The molecular formula is C5H9ClO4S2. The standard InChI is InChI=1S/C5H9ClO4S2/c6-12(9,10)2-1-5-3-11(7,8)4-5/h5H,1-4H2. The molecule has 1 rings (SSSR count). The van der Waals surface area contributed by atoms with Crippen LogP contribution < -0.4 is 0 Å². The van der Waals surface area contributed by atoms with Crippen LogP contribution in [0.2, 0.25) is 0 Å². The van der Waals surface area contributed by atoms with E-state index in [2.05, 4.69) is 0 Å². The minimum absolute atomic E-state index is 0.0106. The van der Waals surface area contributed by atoms with Crippen molar-refractivity contribution < 1.29 is 16.8 Å². The Morgan fingerprint density at radius 2 is 1.83 bits per heavy atom. The lowest BCUT2D eigenvalue weighted by atomic mass is 10.1. The van der Waals surface area contributed by atoms with E-state index < -0.39 is 18.9 Å². The summed E-state index contributed by atoms with van der Waals surface area (Å²) in [7, 11) is -1.34. The molecule has 0 saturated carbocycles. The molecule has 0 bridgehead atoms. The highest BCUT2D eigenvalue weighted by molar-refractivity contribution is 8.13. The monoisotopic (exact) mass is 232 g/mol. The molecule has 0 aromatic heterocycles. The van der Waals surface area contributed by atoms with Gasteiger partial charge in [0.05, 0.1) is 17.3 Å². The summed E-state index contributed by atoms with van der Waals surface area (Å²) >= 11 is 0. The lowest BCUT2D eigenvalue weighted by Crippen LogP contribution is -2.37. The molecule has 1 saturated heterocycles. The summed E-state index contributed by atoms with van der Waals surface area (Å²) in [4.78, 5) is 0. The molecule has 0 spiro atoms. The zero-order chi connectivity index (χ0) is 9.41. The first-order valence-electron chi connectivity index (χ1n) is 3.41. The molecule has 0 unspecified atom stereocenters. The Hall–Kier alpha value is 0.190. The second-order valence-electron chi connectivity index (χ2n) is 2.97. The van der Waals surface area contributed by atoms with E-state index in [1.54, 1.807) is 0 Å². The Labute approximate surface area is 76.3 Å². The molecule has 0 N–H and O–H groups in total. The maximum Gasteiger partial charge on any atom is 0.232 e. The van der Waals surface area contributed by atoms with Crippen molar-refractivity contribution in [1.29, 1.82) is 0 Å². The van der Waals surface area contributed by atoms with E-state index in [1.807, 2.05) is 0 Å². The molecule has 72 valence electrons. The van der Waals surface area contributed by atoms with Crippen molar-refractivity contribution in [3.05, 3.63) is 0 Å². The largest absolute Gasteiger partial charge is 0.232 e. The summed E-state index contributed by atoms with van der Waals surface area (Å²) in [6, 6.07) is 0. The average Bonchev–Trinajstić information content (AvgIpc) is 1.76. The van der Waals surface area contributed by atoms with E-state index in [1.165, 1.54) is 0 Å². The highest BCUT2D eigenvalue weighted by Gasteiger charge is 2.33. The smallest absolute Gasteiger partial charge is 0.229 e. The van der Waals surface area contributed by atoms with Crippen LogP contribution in [0.15, 0.2) is 0 Å². The van der Waals surface area contributed by atoms with E-state index in [-0.39, 0.29) is 23.2 Å². The van der Waals surface area contributed by atoms with Crippen LogP contribution in [-0.2, 0) is 18.9 Å². The summed E-state index contributed by atoms with van der Waals surface area (Å²) < 4.78 is 42.2. The predicted octanol–water partition coefficient (Wildman–Crippen LogP) is -0.0103. The Morgan fingerprint density at radius 3 is 2.17 bits per heavy atom. The van der Waals surface area contributed by atoms with Gasteiger partial charge in [-0.15, -0.1) is 0 Å². The minimum Gasteiger partial charge on any atom is -0.229 e. The van der Waals surface area contributed by atoms with Crippen molar-refractivity contribution in [2.75, 3.05) is 17.3 Å². The minimum atomic E-state index is -3.46. The lowest BCUT2D eigenvalue weighted by Gasteiger charge is -2.24. The van der Waals surface area contributed by atoms with Crippen LogP contribution in [0, 0.1) is 5.92 Å². The van der Waals surface area contributed by atoms with Gasteiger partial charge in [0.1, 0.15) is 0 Å². The fourth-order valence-electron chi connectivity index (χ4n) is 1.14. The van der Waals surface area contributed by atoms with Crippen LogP contribution in [0.1, 0.15) is 6.42 Å². The van der Waals surface area contributed by atoms with Gasteiger partial charge in [-0.3, -0.25) is 0 Å². The highest BCUT2D eigenvalue weighted by Crippen LogP contribution is 2.22. The molecule has 1 aliphatic rings. The van der Waals surface area contributed by atoms with Crippen molar-refractivity contribution in [1.82, 2.24) is 0 Å². The summed E-state index contributed by atoms with van der Waals surface area (Å²) in [5.41, 5.74) is 0. The molecule has 0 radical (unpaired) electrons. The van der Waals surface area contributed by atoms with E-state index >= 15 is 0 Å². The van der Waals surface area contributed by atoms with E-state index in [9.17, 15) is 16.8 Å². The van der Waals surface area contributed by atoms with Crippen LogP contribution in [0.4, 0.5) is 0 Å². The molecule has 1 aliphatic heterocycles. The van der Waals surface area contributed by atoms with Gasteiger partial charge in [-0.25, -0.2) is 16.8 Å². The summed E-state index contributed by atoms with van der Waals surface area (Å²) in [5.74, 6) is 0.0802. The van der Waals surface area contributed by atoms with Crippen LogP contribution in [-0.4, -0.2) is 34.1 Å². The molecule has 1 heterocycles. The van der Waals surface area contributed by atoms with Gasteiger partial charge >= 0.3 is 0 Å². The second-order valence-corrected chi connectivity index (χ2v) is 8.02. The summed E-state index contributed by atoms with van der Waals surface area (Å²) in [5, 5.41) is 0. The molecule has 0 aromatic carbocycles. The van der Waals surface area contributed by atoms with Gasteiger partial charge in [0.2, 0.25) is 9.05 Å². The van der Waals surface area contributed by atoms with Crippen LogP contribution in [0.3, 0.4) is 0 Å². The van der Waals surface area contributed by atoms with Crippen LogP contribution in [0.25, 0.3) is 0 Å². The number of hydrogen-bond acceptors (Lipinski definition) is 4. The van der Waals surface area contributed by atoms with E-state index in [0.29, 0.717) is 6.42 Å². The van der Waals surface area contributed by atoms with Crippen molar-refractivity contribution in [3.63, 3.8) is 0 Å². The molecular weight excluding hydrogens is 224 g/mol. The van der Waals surface area contributed by atoms with Crippen molar-refractivity contribution in [3.8, 4) is 0 Å². The van der Waals surface area contributed by atoms with Crippen molar-refractivity contribution in [2.24, 2.45) is 5.92 Å². The molecule has 4 nitrogen and oxygen atoms in total. The molecule has 7 heteroatoms. The quantitative estimate of drug-likeness (QED) is 0.642. The molecule has 12 heavy (non-hydrogen) atoms. The first kappa shape index (κ1) is 10.3. The average molecular weight is 233 g/mol. The SMILES string of the molecule is O=S(=O)(Cl)CCC1CS(=O)(=O)C1. The van der Waals surface area contributed by atoms with Crippen LogP contribution >= 0.6 is 10.7 Å². The third-order valence-electron chi connectivity index (χ3n) is 1.75. The van der Waals surface area contributed by atoms with E-state index in [0.717, 1.165) is 0 Å². The Balaban J connectivity index is 2.30. The fourth-order valence-corrected chi connectivity index (χ4v) is 3.70. The zero-order valence-corrected chi connectivity index (χ0v) is 8.62. The van der Waals surface area contributed by atoms with Gasteiger partial charge in [-0.1, -0.05) is 0 Å². The van der Waals surface area contributed by atoms with Gasteiger partial charge in [0.25, 0.3) is 0 Å².